The molecule has 14 heavy (non-hydrogen) atoms. The van der Waals surface area contributed by atoms with Crippen molar-refractivity contribution in [2.45, 2.75) is 25.2 Å². The summed E-state index contributed by atoms with van der Waals surface area (Å²) in [6.07, 6.45) is 1.86. The van der Waals surface area contributed by atoms with Gasteiger partial charge in [0.2, 0.25) is 0 Å². The number of rotatable bonds is 2. The van der Waals surface area contributed by atoms with Gasteiger partial charge in [0.25, 0.3) is 0 Å². The lowest BCUT2D eigenvalue weighted by molar-refractivity contribution is 0.283. The molecule has 1 aliphatic heterocycles. The Labute approximate surface area is 97.0 Å². The first-order valence-corrected chi connectivity index (χ1v) is 6.35. The van der Waals surface area contributed by atoms with Crippen LogP contribution in [0.1, 0.15) is 19.5 Å². The van der Waals surface area contributed by atoms with Crippen molar-refractivity contribution in [2.75, 3.05) is 13.1 Å². The summed E-state index contributed by atoms with van der Waals surface area (Å²) in [5.74, 6) is 0. The first-order chi connectivity index (χ1) is 6.58. The number of halogens is 1. The molecule has 0 amide bonds. The molecule has 1 saturated heterocycles. The smallest absolute Gasteiger partial charge is 0.0883 e. The number of likely N-dealkylation sites (tertiary alicyclic amines) is 1. The number of hydrogen-bond donors (Lipinski definition) is 0. The molecule has 1 aromatic rings. The Morgan fingerprint density at radius 1 is 1.71 bits per heavy atom. The number of aromatic nitrogens is 2. The van der Waals surface area contributed by atoms with Crippen LogP contribution in [0.5, 0.6) is 0 Å². The van der Waals surface area contributed by atoms with Crippen LogP contribution in [-0.4, -0.2) is 31.6 Å². The van der Waals surface area contributed by atoms with Crippen molar-refractivity contribution in [3.05, 3.63) is 11.9 Å². The highest BCUT2D eigenvalue weighted by Crippen LogP contribution is 2.35. The summed E-state index contributed by atoms with van der Waals surface area (Å²) in [7, 11) is 0. The van der Waals surface area contributed by atoms with Gasteiger partial charge in [-0.2, -0.15) is 8.75 Å². The maximum atomic E-state index is 4.23. The van der Waals surface area contributed by atoms with E-state index in [1.807, 2.05) is 6.20 Å². The lowest BCUT2D eigenvalue weighted by Crippen LogP contribution is -2.23. The number of alkyl halides is 1. The molecule has 78 valence electrons. The Kier molecular flexibility index (Phi) is 2.91. The predicted molar refractivity (Wildman–Crippen MR) is 61.7 cm³/mol. The molecular formula is C9H14BrN3S. The van der Waals surface area contributed by atoms with E-state index in [1.54, 1.807) is 0 Å². The van der Waals surface area contributed by atoms with Gasteiger partial charge in [-0.15, -0.1) is 0 Å². The lowest BCUT2D eigenvalue weighted by atomic mass is 9.93. The second-order valence-corrected chi connectivity index (χ2v) is 6.19. The van der Waals surface area contributed by atoms with Crippen LogP contribution in [-0.2, 0) is 6.54 Å². The third-order valence-corrected chi connectivity index (χ3v) is 4.73. The minimum absolute atomic E-state index is 0.365. The van der Waals surface area contributed by atoms with Gasteiger partial charge >= 0.3 is 0 Å². The SMILES string of the molecule is CC1(C)CN(Cc2cnsn2)CC1Br. The second kappa shape index (κ2) is 3.87. The molecule has 0 saturated carbocycles. The van der Waals surface area contributed by atoms with Crippen molar-refractivity contribution in [1.29, 1.82) is 0 Å². The Hall–Kier alpha value is -0.0000000000000000555. The van der Waals surface area contributed by atoms with Crippen molar-refractivity contribution in [3.63, 3.8) is 0 Å². The van der Waals surface area contributed by atoms with Crippen molar-refractivity contribution >= 4 is 27.7 Å². The fraction of sp³-hybridized carbons (Fsp3) is 0.778. The highest BCUT2D eigenvalue weighted by molar-refractivity contribution is 9.09. The van der Waals surface area contributed by atoms with E-state index >= 15 is 0 Å². The fourth-order valence-electron chi connectivity index (χ4n) is 1.82. The minimum Gasteiger partial charge on any atom is -0.296 e. The molecule has 0 N–H and O–H groups in total. The quantitative estimate of drug-likeness (QED) is 0.775. The van der Waals surface area contributed by atoms with Gasteiger partial charge in [0.1, 0.15) is 0 Å². The summed E-state index contributed by atoms with van der Waals surface area (Å²) < 4.78 is 8.24. The fourth-order valence-corrected chi connectivity index (χ4v) is 2.80. The summed E-state index contributed by atoms with van der Waals surface area (Å²) in [5, 5.41) is 0. The molecule has 0 aromatic carbocycles. The number of hydrogen-bond acceptors (Lipinski definition) is 4. The molecule has 3 nitrogen and oxygen atoms in total. The summed E-state index contributed by atoms with van der Waals surface area (Å²) in [4.78, 5) is 3.01. The minimum atomic E-state index is 0.365. The molecule has 1 unspecified atom stereocenters. The topological polar surface area (TPSA) is 29.0 Å². The second-order valence-electron chi connectivity index (χ2n) is 4.52. The molecular weight excluding hydrogens is 262 g/mol. The standard InChI is InChI=1S/C9H14BrN3S/c1-9(2)6-13(5-8(9)10)4-7-3-11-14-12-7/h3,8H,4-6H2,1-2H3. The van der Waals surface area contributed by atoms with E-state index in [9.17, 15) is 0 Å². The summed E-state index contributed by atoms with van der Waals surface area (Å²) in [6.45, 7) is 7.75. The van der Waals surface area contributed by atoms with Crippen LogP contribution < -0.4 is 0 Å². The highest BCUT2D eigenvalue weighted by atomic mass is 79.9. The molecule has 0 spiro atoms. The van der Waals surface area contributed by atoms with Crippen molar-refractivity contribution in [2.24, 2.45) is 5.41 Å². The zero-order valence-corrected chi connectivity index (χ0v) is 10.8. The van der Waals surface area contributed by atoms with Gasteiger partial charge in [0.05, 0.1) is 23.6 Å². The van der Waals surface area contributed by atoms with Gasteiger partial charge in [-0.3, -0.25) is 4.90 Å². The largest absolute Gasteiger partial charge is 0.296 e. The van der Waals surface area contributed by atoms with E-state index in [2.05, 4.69) is 43.4 Å². The first-order valence-electron chi connectivity index (χ1n) is 4.71. The average Bonchev–Trinajstić information content (AvgIpc) is 2.62. The zero-order valence-electron chi connectivity index (χ0n) is 8.40. The van der Waals surface area contributed by atoms with Gasteiger partial charge in [-0.05, 0) is 5.41 Å². The van der Waals surface area contributed by atoms with Crippen LogP contribution in [0.25, 0.3) is 0 Å². The Morgan fingerprint density at radius 2 is 2.50 bits per heavy atom. The summed E-state index contributed by atoms with van der Waals surface area (Å²) in [6, 6.07) is 0. The van der Waals surface area contributed by atoms with Crippen LogP contribution in [0.3, 0.4) is 0 Å². The Balaban J connectivity index is 1.96. The third kappa shape index (κ3) is 2.15. The molecule has 1 aromatic heterocycles. The summed E-state index contributed by atoms with van der Waals surface area (Å²) >= 11 is 5.01. The van der Waals surface area contributed by atoms with E-state index in [4.69, 9.17) is 0 Å². The molecule has 2 rings (SSSR count). The normalized spacial score (nSPS) is 26.9. The zero-order chi connectivity index (χ0) is 10.2. The summed E-state index contributed by atoms with van der Waals surface area (Å²) in [5.41, 5.74) is 1.45. The van der Waals surface area contributed by atoms with Crippen LogP contribution in [0.2, 0.25) is 0 Å². The van der Waals surface area contributed by atoms with Gasteiger partial charge in [-0.1, -0.05) is 29.8 Å². The maximum Gasteiger partial charge on any atom is 0.0883 e. The van der Waals surface area contributed by atoms with Crippen molar-refractivity contribution in [3.8, 4) is 0 Å². The highest BCUT2D eigenvalue weighted by Gasteiger charge is 2.37. The van der Waals surface area contributed by atoms with Gasteiger partial charge in [-0.25, -0.2) is 0 Å². The molecule has 1 aliphatic rings. The van der Waals surface area contributed by atoms with E-state index in [1.165, 1.54) is 11.7 Å². The third-order valence-electron chi connectivity index (χ3n) is 2.69. The van der Waals surface area contributed by atoms with Crippen LogP contribution in [0.4, 0.5) is 0 Å². The molecule has 2 heterocycles. The number of nitrogens with zero attached hydrogens (tertiary/aromatic N) is 3. The molecule has 0 aliphatic carbocycles. The molecule has 0 radical (unpaired) electrons. The lowest BCUT2D eigenvalue weighted by Gasteiger charge is -2.20. The van der Waals surface area contributed by atoms with Gasteiger partial charge < -0.3 is 0 Å². The van der Waals surface area contributed by atoms with Crippen LogP contribution in [0.15, 0.2) is 6.20 Å². The van der Waals surface area contributed by atoms with Crippen molar-refractivity contribution in [1.82, 2.24) is 13.6 Å². The molecule has 1 atom stereocenters. The Bertz CT molecular complexity index is 299. The monoisotopic (exact) mass is 275 g/mol. The average molecular weight is 276 g/mol. The molecule has 0 bridgehead atoms. The van der Waals surface area contributed by atoms with E-state index in [-0.39, 0.29) is 0 Å². The van der Waals surface area contributed by atoms with E-state index in [0.29, 0.717) is 10.2 Å². The Morgan fingerprint density at radius 3 is 3.00 bits per heavy atom. The molecule has 1 fully saturated rings. The maximum absolute atomic E-state index is 4.23. The van der Waals surface area contributed by atoms with Crippen LogP contribution in [0, 0.1) is 5.41 Å². The van der Waals surface area contributed by atoms with Gasteiger partial charge in [0, 0.05) is 24.5 Å². The van der Waals surface area contributed by atoms with Crippen LogP contribution >= 0.6 is 27.7 Å². The first kappa shape index (κ1) is 10.5. The van der Waals surface area contributed by atoms with Gasteiger partial charge in [0.15, 0.2) is 0 Å². The van der Waals surface area contributed by atoms with E-state index in [0.717, 1.165) is 25.3 Å². The van der Waals surface area contributed by atoms with Crippen molar-refractivity contribution < 1.29 is 0 Å². The molecule has 5 heteroatoms. The predicted octanol–water partition coefficient (Wildman–Crippen LogP) is 2.14. The van der Waals surface area contributed by atoms with E-state index < -0.39 is 0 Å².